The van der Waals surface area contributed by atoms with Crippen molar-refractivity contribution >= 4 is 5.90 Å². The fraction of sp³-hybridized carbons (Fsp3) is 0.167. The molecule has 3 rings (SSSR count). The summed E-state index contributed by atoms with van der Waals surface area (Å²) in [7, 11) is 0. The summed E-state index contributed by atoms with van der Waals surface area (Å²) >= 11 is 0. The SMILES string of the molecule is CC1N=C([c-]2cccc2)OC1c1ccccc1.[C-]#[O+].[C-]#[O+].[C-]#[O+].[Mn]. The zero-order valence-electron chi connectivity index (χ0n) is 12.8. The van der Waals surface area contributed by atoms with E-state index in [1.807, 2.05) is 42.5 Å². The zero-order chi connectivity index (χ0) is 17.7. The van der Waals surface area contributed by atoms with Crippen molar-refractivity contribution in [1.82, 2.24) is 0 Å². The van der Waals surface area contributed by atoms with E-state index in [0.29, 0.717) is 0 Å². The summed E-state index contributed by atoms with van der Waals surface area (Å²) in [4.78, 5) is 4.58. The van der Waals surface area contributed by atoms with Crippen molar-refractivity contribution in [2.24, 2.45) is 4.99 Å². The van der Waals surface area contributed by atoms with Crippen LogP contribution in [0.5, 0.6) is 0 Å². The monoisotopic (exact) mass is 363 g/mol. The minimum absolute atomic E-state index is 0. The summed E-state index contributed by atoms with van der Waals surface area (Å²) in [5.41, 5.74) is 2.25. The Morgan fingerprint density at radius 2 is 1.42 bits per heavy atom. The molecule has 0 amide bonds. The second kappa shape index (κ2) is 14.4. The van der Waals surface area contributed by atoms with E-state index >= 15 is 0 Å². The predicted octanol–water partition coefficient (Wildman–Crippen LogP) is 3.20. The third-order valence-corrected chi connectivity index (χ3v) is 3.04. The van der Waals surface area contributed by atoms with Gasteiger partial charge in [-0.25, -0.2) is 12.1 Å². The number of benzene rings is 1. The number of aliphatic imine (C=N–C) groups is 1. The maximum atomic E-state index is 7.50. The topological polar surface area (TPSA) is 81.3 Å². The van der Waals surface area contributed by atoms with E-state index in [-0.39, 0.29) is 29.2 Å². The summed E-state index contributed by atoms with van der Waals surface area (Å²) in [6.07, 6.45) is 0.0427. The van der Waals surface area contributed by atoms with E-state index in [1.165, 1.54) is 5.56 Å². The molecule has 0 fully saturated rings. The van der Waals surface area contributed by atoms with Crippen molar-refractivity contribution in [2.45, 2.75) is 19.1 Å². The fourth-order valence-corrected chi connectivity index (χ4v) is 2.15. The number of nitrogens with zero attached hydrogens (tertiary/aromatic N) is 1. The Labute approximate surface area is 151 Å². The minimum Gasteiger partial charge on any atom is 0 e. The summed E-state index contributed by atoms with van der Waals surface area (Å²) in [5.74, 6) is 0.761. The first-order valence-electron chi connectivity index (χ1n) is 6.47. The molecule has 1 heterocycles. The van der Waals surface area contributed by atoms with Gasteiger partial charge in [-0.15, -0.1) is 0 Å². The van der Waals surface area contributed by atoms with Crippen LogP contribution in [0.25, 0.3) is 0 Å². The Hall–Kier alpha value is -2.22. The van der Waals surface area contributed by atoms with Crippen LogP contribution in [0.15, 0.2) is 59.6 Å². The minimum atomic E-state index is 0. The van der Waals surface area contributed by atoms with Crippen LogP contribution in [0.4, 0.5) is 0 Å². The van der Waals surface area contributed by atoms with Crippen molar-refractivity contribution in [3.05, 3.63) is 85.7 Å². The van der Waals surface area contributed by atoms with Gasteiger partial charge in [0.2, 0.25) is 0 Å². The smallest absolute Gasteiger partial charge is 0 e. The summed E-state index contributed by atoms with van der Waals surface area (Å²) in [5, 5.41) is 0. The van der Waals surface area contributed by atoms with Crippen LogP contribution in [-0.4, -0.2) is 11.9 Å². The quantitative estimate of drug-likeness (QED) is 0.458. The number of rotatable bonds is 2. The molecular formula is C18H14MnNO4-. The maximum Gasteiger partial charge on any atom is 0 e. The van der Waals surface area contributed by atoms with Crippen molar-refractivity contribution in [2.75, 3.05) is 0 Å². The van der Waals surface area contributed by atoms with E-state index < -0.39 is 0 Å². The second-order valence-electron chi connectivity index (χ2n) is 4.30. The van der Waals surface area contributed by atoms with Crippen molar-refractivity contribution < 1.29 is 35.8 Å². The van der Waals surface area contributed by atoms with Gasteiger partial charge in [0.15, 0.2) is 5.90 Å². The van der Waals surface area contributed by atoms with E-state index in [2.05, 4.69) is 44.0 Å². The summed E-state index contributed by atoms with van der Waals surface area (Å²) in [6.45, 7) is 15.6. The first kappa shape index (κ1) is 24.0. The molecule has 0 spiro atoms. The van der Waals surface area contributed by atoms with Crippen LogP contribution in [0, 0.1) is 20.0 Å². The van der Waals surface area contributed by atoms with E-state index in [0.717, 1.165) is 11.5 Å². The molecule has 2 aromatic rings. The molecule has 5 nitrogen and oxygen atoms in total. The van der Waals surface area contributed by atoms with E-state index in [1.54, 1.807) is 0 Å². The van der Waals surface area contributed by atoms with Crippen LogP contribution in [0.1, 0.15) is 24.2 Å². The Morgan fingerprint density at radius 1 is 0.917 bits per heavy atom. The first-order chi connectivity index (χ1) is 11.3. The van der Waals surface area contributed by atoms with Gasteiger partial charge in [0.1, 0.15) is 6.10 Å². The molecule has 0 aliphatic carbocycles. The molecule has 24 heavy (non-hydrogen) atoms. The molecule has 2 unspecified atom stereocenters. The molecule has 1 aliphatic rings. The van der Waals surface area contributed by atoms with Gasteiger partial charge < -0.3 is 4.74 Å². The number of ether oxygens (including phenoxy) is 1. The van der Waals surface area contributed by atoms with Crippen molar-refractivity contribution in [1.29, 1.82) is 0 Å². The second-order valence-corrected chi connectivity index (χ2v) is 4.30. The molecule has 123 valence electrons. The molecule has 6 heteroatoms. The molecule has 1 aliphatic heterocycles. The molecule has 0 saturated heterocycles. The van der Waals surface area contributed by atoms with Crippen molar-refractivity contribution in [3.63, 3.8) is 0 Å². The fourth-order valence-electron chi connectivity index (χ4n) is 2.15. The van der Waals surface area contributed by atoms with Crippen LogP contribution in [0.2, 0.25) is 0 Å². The van der Waals surface area contributed by atoms with E-state index in [9.17, 15) is 0 Å². The van der Waals surface area contributed by atoms with E-state index in [4.69, 9.17) is 18.7 Å². The molecule has 2 atom stereocenters. The van der Waals surface area contributed by atoms with Crippen molar-refractivity contribution in [3.8, 4) is 0 Å². The Kier molecular flexibility index (Phi) is 14.4. The van der Waals surface area contributed by atoms with Gasteiger partial charge in [0, 0.05) is 17.1 Å². The standard InChI is InChI=1S/C15H14NO.3CO.Mn/c1-11-14(12-7-3-2-4-8-12)17-15(16-11)13-9-5-6-10-13;3*1-2;/h2-11,14H,1H3;;;;/q-1;;;;. The molecular weight excluding hydrogens is 349 g/mol. The first-order valence-corrected chi connectivity index (χ1v) is 6.47. The van der Waals surface area contributed by atoms with Gasteiger partial charge in [-0.2, -0.15) is 12.1 Å². The van der Waals surface area contributed by atoms with Gasteiger partial charge in [-0.05, 0) is 12.5 Å². The third-order valence-electron chi connectivity index (χ3n) is 3.04. The summed E-state index contributed by atoms with van der Waals surface area (Å²) < 4.78 is 28.5. The molecule has 2 aromatic carbocycles. The maximum absolute atomic E-state index is 7.50. The molecule has 1 radical (unpaired) electrons. The molecule has 0 saturated carbocycles. The predicted molar refractivity (Wildman–Crippen MR) is 80.1 cm³/mol. The Bertz CT molecular complexity index is 630. The van der Waals surface area contributed by atoms with Crippen LogP contribution < -0.4 is 0 Å². The van der Waals surface area contributed by atoms with Crippen LogP contribution in [0.3, 0.4) is 0 Å². The van der Waals surface area contributed by atoms with Gasteiger partial charge in [0.25, 0.3) is 0 Å². The van der Waals surface area contributed by atoms with Gasteiger partial charge in [-0.3, -0.25) is 4.99 Å². The normalized spacial score (nSPS) is 16.7. The molecule has 0 bridgehead atoms. The summed E-state index contributed by atoms with van der Waals surface area (Å²) in [6, 6.07) is 18.5. The van der Waals surface area contributed by atoms with Crippen LogP contribution in [-0.2, 0) is 35.8 Å². The van der Waals surface area contributed by atoms with Gasteiger partial charge in [-0.1, -0.05) is 35.9 Å². The van der Waals surface area contributed by atoms with Gasteiger partial charge >= 0.3 is 33.9 Å². The van der Waals surface area contributed by atoms with Crippen LogP contribution >= 0.6 is 0 Å². The molecule has 0 N–H and O–H groups in total. The largest absolute Gasteiger partial charge is 0 e. The molecule has 0 aromatic heterocycles. The Morgan fingerprint density at radius 3 is 1.92 bits per heavy atom. The Balaban J connectivity index is 0. The number of hydrogen-bond donors (Lipinski definition) is 0. The zero-order valence-corrected chi connectivity index (χ0v) is 14.0. The van der Waals surface area contributed by atoms with Gasteiger partial charge in [0.05, 0.1) is 6.04 Å². The third kappa shape index (κ3) is 6.49. The average molecular weight is 363 g/mol. The average Bonchev–Trinajstić information content (AvgIpc) is 3.30. The number of hydrogen-bond acceptors (Lipinski definition) is 2.